The number of hydrogen-bond donors (Lipinski definition) is 5. The van der Waals surface area contributed by atoms with Crippen molar-refractivity contribution in [2.75, 3.05) is 20.2 Å². The number of benzene rings is 2. The van der Waals surface area contributed by atoms with Crippen molar-refractivity contribution in [1.29, 1.82) is 5.26 Å². The Labute approximate surface area is 311 Å². The van der Waals surface area contributed by atoms with E-state index in [0.717, 1.165) is 5.32 Å². The van der Waals surface area contributed by atoms with Crippen LogP contribution in [-0.2, 0) is 30.4 Å². The largest absolute Gasteiger partial charge is 0.497 e. The highest BCUT2D eigenvalue weighted by molar-refractivity contribution is 6.10. The first-order valence-electron chi connectivity index (χ1n) is 16.4. The summed E-state index contributed by atoms with van der Waals surface area (Å²) in [5, 5.41) is 19.6. The van der Waals surface area contributed by atoms with Crippen molar-refractivity contribution >= 4 is 35.3 Å². The third kappa shape index (κ3) is 12.6. The molecule has 0 aliphatic heterocycles. The lowest BCUT2D eigenvalue weighted by Crippen LogP contribution is -2.59. The molecule has 0 saturated heterocycles. The van der Waals surface area contributed by atoms with Gasteiger partial charge < -0.3 is 31.3 Å². The van der Waals surface area contributed by atoms with E-state index in [0.29, 0.717) is 11.3 Å². The van der Waals surface area contributed by atoms with Crippen molar-refractivity contribution in [2.45, 2.75) is 50.5 Å². The lowest BCUT2D eigenvalue weighted by Gasteiger charge is -2.28. The second-order valence-corrected chi connectivity index (χ2v) is 12.2. The maximum absolute atomic E-state index is 14.9. The number of halogens is 5. The van der Waals surface area contributed by atoms with E-state index in [9.17, 15) is 56.0 Å². The summed E-state index contributed by atoms with van der Waals surface area (Å²) in [6.45, 7) is -0.320. The smallest absolute Gasteiger partial charge is 0.405 e. The summed E-state index contributed by atoms with van der Waals surface area (Å²) in [6, 6.07) is 12.5. The molecular formula is C36H36F5N7O7. The minimum absolute atomic E-state index is 0.00383. The van der Waals surface area contributed by atoms with Gasteiger partial charge in [0, 0.05) is 12.6 Å². The number of ether oxygens (including phenoxy) is 1. The first kappa shape index (κ1) is 43.0. The molecule has 1 aromatic heterocycles. The molecule has 0 aliphatic carbocycles. The second-order valence-electron chi connectivity index (χ2n) is 12.2. The van der Waals surface area contributed by atoms with E-state index in [1.54, 1.807) is 18.2 Å². The van der Waals surface area contributed by atoms with Gasteiger partial charge in [-0.3, -0.25) is 33.8 Å². The van der Waals surface area contributed by atoms with E-state index in [4.69, 9.17) is 4.74 Å². The van der Waals surface area contributed by atoms with Crippen molar-refractivity contribution in [3.8, 4) is 11.8 Å². The molecule has 55 heavy (non-hydrogen) atoms. The van der Waals surface area contributed by atoms with Gasteiger partial charge in [0.2, 0.25) is 23.5 Å². The number of pyridine rings is 1. The van der Waals surface area contributed by atoms with E-state index < -0.39 is 84.6 Å². The summed E-state index contributed by atoms with van der Waals surface area (Å²) in [7, 11) is 1.35. The normalized spacial score (nSPS) is 12.9. The van der Waals surface area contributed by atoms with Gasteiger partial charge in [-0.1, -0.05) is 44.2 Å². The van der Waals surface area contributed by atoms with E-state index in [-0.39, 0.29) is 23.2 Å². The van der Waals surface area contributed by atoms with Crippen molar-refractivity contribution < 1.29 is 55.5 Å². The molecule has 1 heterocycles. The molecular weight excluding hydrogens is 737 g/mol. The Morgan fingerprint density at radius 1 is 0.855 bits per heavy atom. The lowest BCUT2D eigenvalue weighted by molar-refractivity contribution is -0.165. The van der Waals surface area contributed by atoms with Crippen LogP contribution in [0.2, 0.25) is 0 Å². The van der Waals surface area contributed by atoms with Crippen LogP contribution in [-0.4, -0.2) is 84.7 Å². The van der Waals surface area contributed by atoms with Crippen molar-refractivity contribution in [2.24, 2.45) is 5.92 Å². The predicted molar refractivity (Wildman–Crippen MR) is 183 cm³/mol. The molecule has 19 heteroatoms. The summed E-state index contributed by atoms with van der Waals surface area (Å²) in [5.74, 6) is -14.4. The van der Waals surface area contributed by atoms with Gasteiger partial charge >= 0.3 is 12.1 Å². The number of aromatic nitrogens is 1. The van der Waals surface area contributed by atoms with Crippen LogP contribution in [0.25, 0.3) is 0 Å². The van der Waals surface area contributed by atoms with E-state index in [1.807, 2.05) is 6.07 Å². The number of methoxy groups -OCH3 is 1. The molecule has 292 valence electrons. The fourth-order valence-electron chi connectivity index (χ4n) is 4.92. The zero-order valence-corrected chi connectivity index (χ0v) is 29.5. The number of hydrogen-bond acceptors (Lipinski definition) is 9. The number of carbonyl (C=O) groups is 6. The predicted octanol–water partition coefficient (Wildman–Crippen LogP) is 2.30. The summed E-state index contributed by atoms with van der Waals surface area (Å²) in [5.41, 5.74) is 0.632. The molecule has 3 rings (SSSR count). The number of amides is 5. The van der Waals surface area contributed by atoms with E-state index >= 15 is 0 Å². The number of Topliss-reactive ketones (excluding diaryl/α,β-unsaturated/α-hetero) is 1. The standard InChI is InChI=1S/C36H36F5N7O7/c1-20(2)28(30(50)36(40,41)34(54)45-19-35(37,38)39)47-33(53)29(23-10-12-24(55-3)13-11-23)48-32(52)26(16-21-7-6-8-22(15-21)17-42)46-27(49)18-44-31(51)25-9-4-5-14-43-25/h4-15,20,26,28-29H,16,18-19H2,1-3H3,(H,44,51)(H,45,54)(H,46,49)(H,47,53)(H,48,52)/t26-,28-,29-/m0/s1. The van der Waals surface area contributed by atoms with Crippen LogP contribution < -0.4 is 31.3 Å². The molecule has 14 nitrogen and oxygen atoms in total. The van der Waals surface area contributed by atoms with Crippen LogP contribution in [0.3, 0.4) is 0 Å². The fourth-order valence-corrected chi connectivity index (χ4v) is 4.92. The highest BCUT2D eigenvalue weighted by Crippen LogP contribution is 2.24. The number of alkyl halides is 5. The minimum Gasteiger partial charge on any atom is -0.497 e. The van der Waals surface area contributed by atoms with Crippen molar-refractivity contribution in [1.82, 2.24) is 31.6 Å². The first-order valence-corrected chi connectivity index (χ1v) is 16.4. The van der Waals surface area contributed by atoms with Crippen LogP contribution in [0.15, 0.2) is 72.9 Å². The van der Waals surface area contributed by atoms with Crippen LogP contribution in [0.1, 0.15) is 47.1 Å². The average Bonchev–Trinajstić information content (AvgIpc) is 3.16. The van der Waals surface area contributed by atoms with Gasteiger partial charge in [0.25, 0.3) is 11.8 Å². The Bertz CT molecular complexity index is 1900. The van der Waals surface area contributed by atoms with Crippen LogP contribution in [0.5, 0.6) is 5.75 Å². The molecule has 2 aromatic carbocycles. The number of nitrogens with one attached hydrogen (secondary N) is 5. The fraction of sp³-hybridized carbons (Fsp3) is 0.333. The molecule has 5 N–H and O–H groups in total. The molecule has 3 atom stereocenters. The number of nitriles is 1. The van der Waals surface area contributed by atoms with Crippen LogP contribution in [0.4, 0.5) is 22.0 Å². The lowest BCUT2D eigenvalue weighted by atomic mass is 9.94. The molecule has 0 saturated carbocycles. The molecule has 0 fully saturated rings. The highest BCUT2D eigenvalue weighted by atomic mass is 19.4. The Hall–Kier alpha value is -6.45. The van der Waals surface area contributed by atoms with E-state index in [2.05, 4.69) is 26.3 Å². The highest BCUT2D eigenvalue weighted by Gasteiger charge is 2.52. The molecule has 0 unspecified atom stereocenters. The van der Waals surface area contributed by atoms with Gasteiger partial charge in [-0.25, -0.2) is 0 Å². The Kier molecular flexibility index (Phi) is 14.9. The van der Waals surface area contributed by atoms with Gasteiger partial charge in [-0.05, 0) is 53.4 Å². The monoisotopic (exact) mass is 773 g/mol. The van der Waals surface area contributed by atoms with Crippen LogP contribution in [0, 0.1) is 17.2 Å². The van der Waals surface area contributed by atoms with Gasteiger partial charge in [-0.15, -0.1) is 0 Å². The van der Waals surface area contributed by atoms with Crippen molar-refractivity contribution in [3.05, 3.63) is 95.3 Å². The Morgan fingerprint density at radius 2 is 1.55 bits per heavy atom. The van der Waals surface area contributed by atoms with Crippen molar-refractivity contribution in [3.63, 3.8) is 0 Å². The Morgan fingerprint density at radius 3 is 2.13 bits per heavy atom. The van der Waals surface area contributed by atoms with Gasteiger partial charge in [0.1, 0.15) is 30.1 Å². The summed E-state index contributed by atoms with van der Waals surface area (Å²) in [4.78, 5) is 82.1. The van der Waals surface area contributed by atoms with Gasteiger partial charge in [0.15, 0.2) is 0 Å². The number of ketones is 1. The molecule has 0 spiro atoms. The third-order valence-electron chi connectivity index (χ3n) is 7.74. The van der Waals surface area contributed by atoms with Gasteiger partial charge in [-0.2, -0.15) is 27.2 Å². The van der Waals surface area contributed by atoms with E-state index in [1.165, 1.54) is 75.7 Å². The molecule has 0 aliphatic rings. The number of nitrogens with zero attached hydrogens (tertiary/aromatic N) is 2. The molecule has 0 bridgehead atoms. The quantitative estimate of drug-likeness (QED) is 0.101. The number of carbonyl (C=O) groups excluding carboxylic acids is 6. The summed E-state index contributed by atoms with van der Waals surface area (Å²) < 4.78 is 72.7. The minimum atomic E-state index is -5.06. The summed E-state index contributed by atoms with van der Waals surface area (Å²) >= 11 is 0. The molecule has 0 radical (unpaired) electrons. The van der Waals surface area contributed by atoms with Gasteiger partial charge in [0.05, 0.1) is 31.3 Å². The average molecular weight is 774 g/mol. The molecule has 3 aromatic rings. The summed E-state index contributed by atoms with van der Waals surface area (Å²) in [6.07, 6.45) is -3.96. The third-order valence-corrected chi connectivity index (χ3v) is 7.74. The zero-order valence-electron chi connectivity index (χ0n) is 29.5. The maximum atomic E-state index is 14.9. The van der Waals surface area contributed by atoms with Crippen LogP contribution >= 0.6 is 0 Å². The number of rotatable bonds is 17. The first-order chi connectivity index (χ1) is 25.9. The SMILES string of the molecule is COc1ccc([C@H](NC(=O)[C@H](Cc2cccc(C#N)c2)NC(=O)CNC(=O)c2ccccn2)C(=O)N[C@H](C(=O)C(F)(F)C(=O)NCC(F)(F)F)C(C)C)cc1. The molecule has 5 amide bonds. The zero-order chi connectivity index (χ0) is 40.9. The second kappa shape index (κ2) is 19.0. The topological polar surface area (TPSA) is 208 Å². The maximum Gasteiger partial charge on any atom is 0.405 e. The Balaban J connectivity index is 1.93.